The van der Waals surface area contributed by atoms with Crippen molar-refractivity contribution >= 4 is 19.9 Å². The van der Waals surface area contributed by atoms with E-state index in [-0.39, 0.29) is 5.41 Å². The molecule has 3 rings (SSSR count). The zero-order valence-corrected chi connectivity index (χ0v) is 20.1. The van der Waals surface area contributed by atoms with Crippen molar-refractivity contribution in [3.05, 3.63) is 94.5 Å². The highest BCUT2D eigenvalue weighted by Crippen LogP contribution is 2.43. The molecular weight excluding hydrogens is 392 g/mol. The first-order valence-electron chi connectivity index (χ1n) is 10.7. The fourth-order valence-electron chi connectivity index (χ4n) is 4.16. The highest BCUT2D eigenvalue weighted by molar-refractivity contribution is 6.73. The minimum Gasteiger partial charge on any atom is -0.401 e. The number of hydrogen-bond donors (Lipinski definition) is 0. The summed E-state index contributed by atoms with van der Waals surface area (Å²) in [6.45, 7) is 11.2. The van der Waals surface area contributed by atoms with E-state index in [0.29, 0.717) is 0 Å². The van der Waals surface area contributed by atoms with Gasteiger partial charge < -0.3 is 4.43 Å². The minimum absolute atomic E-state index is 0.170. The monoisotopic (exact) mass is 424 g/mol. The van der Waals surface area contributed by atoms with E-state index in [9.17, 15) is 0 Å². The Morgan fingerprint density at radius 3 is 1.72 bits per heavy atom. The first-order chi connectivity index (χ1) is 13.8. The molecule has 1 aliphatic rings. The van der Waals surface area contributed by atoms with E-state index in [4.69, 9.17) is 16.0 Å². The van der Waals surface area contributed by atoms with Crippen LogP contribution in [0.3, 0.4) is 0 Å². The lowest BCUT2D eigenvalue weighted by molar-refractivity contribution is 0.153. The van der Waals surface area contributed by atoms with E-state index >= 15 is 0 Å². The van der Waals surface area contributed by atoms with E-state index in [1.54, 1.807) is 0 Å². The van der Waals surface area contributed by atoms with Crippen LogP contribution in [0.4, 0.5) is 0 Å². The lowest BCUT2D eigenvalue weighted by Gasteiger charge is -2.42. The largest absolute Gasteiger partial charge is 0.401 e. The predicted octanol–water partition coefficient (Wildman–Crippen LogP) is 7.95. The molecule has 0 heterocycles. The number of benzene rings is 2. The molecule has 1 nitrogen and oxygen atoms in total. The molecule has 0 amide bonds. The molecule has 29 heavy (non-hydrogen) atoms. The molecule has 2 aromatic carbocycles. The molecule has 0 aliphatic heterocycles. The Kier molecular flexibility index (Phi) is 6.57. The van der Waals surface area contributed by atoms with Crippen LogP contribution < -0.4 is 0 Å². The molecular formula is C26H33ClOSi. The summed E-state index contributed by atoms with van der Waals surface area (Å²) in [5, 5.41) is 0.767. The van der Waals surface area contributed by atoms with Gasteiger partial charge in [-0.3, -0.25) is 0 Å². The molecule has 0 N–H and O–H groups in total. The van der Waals surface area contributed by atoms with Crippen molar-refractivity contribution in [2.24, 2.45) is 0 Å². The summed E-state index contributed by atoms with van der Waals surface area (Å²) in [7, 11) is -1.83. The van der Waals surface area contributed by atoms with Crippen LogP contribution in [-0.2, 0) is 15.4 Å². The van der Waals surface area contributed by atoms with Crippen LogP contribution in [0.25, 0.3) is 0 Å². The molecule has 0 aromatic heterocycles. The van der Waals surface area contributed by atoms with Crippen LogP contribution in [0.5, 0.6) is 0 Å². The Morgan fingerprint density at radius 2 is 1.24 bits per heavy atom. The third-order valence-electron chi connectivity index (χ3n) is 6.64. The summed E-state index contributed by atoms with van der Waals surface area (Å²) in [6.07, 6.45) is 9.18. The molecule has 0 saturated carbocycles. The molecule has 2 aromatic rings. The third-order valence-corrected chi connectivity index (χ3v) is 11.5. The highest BCUT2D eigenvalue weighted by atomic mass is 35.5. The van der Waals surface area contributed by atoms with Crippen LogP contribution in [0, 0.1) is 6.92 Å². The lowest BCUT2D eigenvalue weighted by atomic mass is 9.75. The molecule has 3 heteroatoms. The third kappa shape index (κ3) is 4.45. The number of halogens is 1. The van der Waals surface area contributed by atoms with Gasteiger partial charge in [0.1, 0.15) is 5.60 Å². The van der Waals surface area contributed by atoms with Gasteiger partial charge in [-0.1, -0.05) is 86.5 Å². The summed E-state index contributed by atoms with van der Waals surface area (Å²) in [5.74, 6) is 0. The number of allylic oxidation sites excluding steroid dienone is 2. The molecule has 154 valence electrons. The van der Waals surface area contributed by atoms with Gasteiger partial charge in [0.2, 0.25) is 0 Å². The molecule has 0 unspecified atom stereocenters. The summed E-state index contributed by atoms with van der Waals surface area (Å²) in [6, 6.07) is 20.3. The van der Waals surface area contributed by atoms with Crippen molar-refractivity contribution in [3.8, 4) is 0 Å². The summed E-state index contributed by atoms with van der Waals surface area (Å²) < 4.78 is 7.13. The average Bonchev–Trinajstić information content (AvgIpc) is 2.75. The molecule has 1 aliphatic carbocycles. The quantitative estimate of drug-likeness (QED) is 0.323. The van der Waals surface area contributed by atoms with Crippen LogP contribution in [0.2, 0.25) is 23.2 Å². The number of rotatable bonds is 7. The second kappa shape index (κ2) is 8.63. The Balaban J connectivity index is 2.05. The van der Waals surface area contributed by atoms with Gasteiger partial charge in [0.25, 0.3) is 0 Å². The Labute approximate surface area is 182 Å². The number of hydrogen-bond acceptors (Lipinski definition) is 1. The zero-order valence-electron chi connectivity index (χ0n) is 18.3. The van der Waals surface area contributed by atoms with Crippen molar-refractivity contribution in [2.75, 3.05) is 0 Å². The SMILES string of the molecule is CC[Si](CC)(CC)OC1(c2ccc(C)cc2)C=CC(C)(c2ccc(Cl)cc2)C=C1. The van der Waals surface area contributed by atoms with Crippen molar-refractivity contribution in [1.29, 1.82) is 0 Å². The van der Waals surface area contributed by atoms with Crippen molar-refractivity contribution in [1.82, 2.24) is 0 Å². The lowest BCUT2D eigenvalue weighted by Crippen LogP contribution is -2.45. The molecule has 0 atom stereocenters. The zero-order chi connectivity index (χ0) is 21.1. The standard InChI is InChI=1S/C26H33ClOSi/c1-6-29(7-2,8-3)28-26(23-11-9-21(4)10-12-23)19-17-25(5,18-20-26)22-13-15-24(27)16-14-22/h9-20H,6-8H2,1-5H3. The van der Waals surface area contributed by atoms with Crippen molar-refractivity contribution < 1.29 is 4.43 Å². The average molecular weight is 425 g/mol. The maximum absolute atomic E-state index is 7.13. The van der Waals surface area contributed by atoms with Gasteiger partial charge in [-0.2, -0.15) is 0 Å². The van der Waals surface area contributed by atoms with E-state index < -0.39 is 13.9 Å². The highest BCUT2D eigenvalue weighted by Gasteiger charge is 2.41. The molecule has 0 spiro atoms. The van der Waals surface area contributed by atoms with Crippen LogP contribution in [-0.4, -0.2) is 8.32 Å². The fraction of sp³-hybridized carbons (Fsp3) is 0.385. The van der Waals surface area contributed by atoms with Gasteiger partial charge in [0, 0.05) is 10.4 Å². The van der Waals surface area contributed by atoms with E-state index in [0.717, 1.165) is 23.2 Å². The maximum atomic E-state index is 7.13. The smallest absolute Gasteiger partial charge is 0.194 e. The van der Waals surface area contributed by atoms with Crippen LogP contribution >= 0.6 is 11.6 Å². The normalized spacial score (nSPS) is 24.1. The van der Waals surface area contributed by atoms with Gasteiger partial charge in [0.05, 0.1) is 0 Å². The molecule has 0 bridgehead atoms. The van der Waals surface area contributed by atoms with E-state index in [1.807, 2.05) is 12.1 Å². The Morgan fingerprint density at radius 1 is 0.759 bits per heavy atom. The number of aryl methyl sites for hydroxylation is 1. The topological polar surface area (TPSA) is 9.23 Å². The van der Waals surface area contributed by atoms with Gasteiger partial charge in [0.15, 0.2) is 8.32 Å². The first-order valence-corrected chi connectivity index (χ1v) is 13.7. The molecule has 0 radical (unpaired) electrons. The van der Waals surface area contributed by atoms with Crippen LogP contribution in [0.1, 0.15) is 44.4 Å². The van der Waals surface area contributed by atoms with Gasteiger partial charge in [-0.15, -0.1) is 0 Å². The molecule has 0 saturated heterocycles. The summed E-state index contributed by atoms with van der Waals surface area (Å²) in [5.41, 5.74) is 3.05. The second-order valence-electron chi connectivity index (χ2n) is 8.46. The fourth-order valence-corrected chi connectivity index (χ4v) is 7.19. The van der Waals surface area contributed by atoms with E-state index in [2.05, 4.69) is 95.3 Å². The van der Waals surface area contributed by atoms with Gasteiger partial charge in [-0.25, -0.2) is 0 Å². The van der Waals surface area contributed by atoms with Crippen molar-refractivity contribution in [3.63, 3.8) is 0 Å². The first kappa shape index (κ1) is 22.1. The predicted molar refractivity (Wildman–Crippen MR) is 128 cm³/mol. The van der Waals surface area contributed by atoms with Gasteiger partial charge in [-0.05, 0) is 67.4 Å². The summed E-state index contributed by atoms with van der Waals surface area (Å²) >= 11 is 6.10. The van der Waals surface area contributed by atoms with Crippen LogP contribution in [0.15, 0.2) is 72.8 Å². The summed E-state index contributed by atoms with van der Waals surface area (Å²) in [4.78, 5) is 0. The van der Waals surface area contributed by atoms with Gasteiger partial charge >= 0.3 is 0 Å². The Hall–Kier alpha value is -1.61. The minimum atomic E-state index is -1.83. The van der Waals surface area contributed by atoms with Crippen molar-refractivity contribution in [2.45, 2.75) is 63.8 Å². The maximum Gasteiger partial charge on any atom is 0.194 e. The van der Waals surface area contributed by atoms with E-state index in [1.165, 1.54) is 16.7 Å². The second-order valence-corrected chi connectivity index (χ2v) is 13.6. The molecule has 0 fully saturated rings. The Bertz CT molecular complexity index is 854.